The van der Waals surface area contributed by atoms with Gasteiger partial charge in [-0.1, -0.05) is 25.9 Å². The molecule has 2 rings (SSSR count). The van der Waals surface area contributed by atoms with Crippen LogP contribution in [0.4, 0.5) is 0 Å². The molecule has 22 heavy (non-hydrogen) atoms. The maximum Gasteiger partial charge on any atom is 0.0630 e. The number of azide groups is 1. The molecule has 0 amide bonds. The average Bonchev–Trinajstić information content (AvgIpc) is 2.39. The first kappa shape index (κ1) is 19.3. The summed E-state index contributed by atoms with van der Waals surface area (Å²) in [7, 11) is 0. The van der Waals surface area contributed by atoms with Gasteiger partial charge < -0.3 is 9.47 Å². The number of hydrogen-bond acceptors (Lipinski definition) is 3. The minimum absolute atomic E-state index is 0.0961. The summed E-state index contributed by atoms with van der Waals surface area (Å²) >= 11 is 0. The maximum atomic E-state index is 8.32. The Morgan fingerprint density at radius 3 is 1.82 bits per heavy atom. The Morgan fingerprint density at radius 1 is 0.864 bits per heavy atom. The maximum absolute atomic E-state index is 8.32. The lowest BCUT2D eigenvalue weighted by molar-refractivity contribution is -0.0944. The summed E-state index contributed by atoms with van der Waals surface area (Å²) in [6.45, 7) is 16.7. The lowest BCUT2D eigenvalue weighted by atomic mass is 9.83. The summed E-state index contributed by atoms with van der Waals surface area (Å²) in [5.74, 6) is 1.91. The molecular weight excluding hydrogens is 278 g/mol. The third kappa shape index (κ3) is 6.15. The van der Waals surface area contributed by atoms with Crippen LogP contribution < -0.4 is 0 Å². The summed E-state index contributed by atoms with van der Waals surface area (Å²) in [5.41, 5.74) is 8.32. The zero-order valence-electron chi connectivity index (χ0n) is 15.3. The van der Waals surface area contributed by atoms with Gasteiger partial charge in [-0.2, -0.15) is 0 Å². The molecule has 0 N–H and O–H groups in total. The zero-order valence-corrected chi connectivity index (χ0v) is 15.3. The molecule has 0 unspecified atom stereocenters. The van der Waals surface area contributed by atoms with E-state index in [-0.39, 0.29) is 17.2 Å². The Labute approximate surface area is 135 Å². The lowest BCUT2D eigenvalue weighted by Gasteiger charge is -2.37. The van der Waals surface area contributed by atoms with E-state index in [1.54, 1.807) is 0 Å². The average molecular weight is 311 g/mol. The van der Waals surface area contributed by atoms with E-state index in [1.165, 1.54) is 6.42 Å². The summed E-state index contributed by atoms with van der Waals surface area (Å²) in [5, 5.41) is 3.76. The summed E-state index contributed by atoms with van der Waals surface area (Å²) in [6.07, 6.45) is 2.02. The summed E-state index contributed by atoms with van der Waals surface area (Å²) in [6, 6.07) is 0.0961. The summed E-state index contributed by atoms with van der Waals surface area (Å²) in [4.78, 5) is 2.84. The largest absolute Gasteiger partial charge is 0.375 e. The van der Waals surface area contributed by atoms with Crippen LogP contribution in [0.3, 0.4) is 0 Å². The van der Waals surface area contributed by atoms with Gasteiger partial charge in [-0.05, 0) is 63.8 Å². The molecule has 5 heteroatoms. The predicted molar refractivity (Wildman–Crippen MR) is 89.7 cm³/mol. The first-order chi connectivity index (χ1) is 10.1. The first-order valence-corrected chi connectivity index (χ1v) is 8.38. The van der Waals surface area contributed by atoms with Crippen molar-refractivity contribution >= 4 is 0 Å². The highest BCUT2D eigenvalue weighted by Gasteiger charge is 2.32. The van der Waals surface area contributed by atoms with Crippen molar-refractivity contribution in [3.63, 3.8) is 0 Å². The van der Waals surface area contributed by atoms with Crippen molar-refractivity contribution in [2.45, 2.75) is 78.6 Å². The van der Waals surface area contributed by atoms with Gasteiger partial charge in [0.05, 0.1) is 24.4 Å². The highest BCUT2D eigenvalue weighted by molar-refractivity contribution is 4.86. The fourth-order valence-corrected chi connectivity index (χ4v) is 3.01. The molecule has 2 aliphatic heterocycles. The van der Waals surface area contributed by atoms with Crippen LogP contribution in [-0.2, 0) is 9.47 Å². The lowest BCUT2D eigenvalue weighted by Crippen LogP contribution is -2.40. The fraction of sp³-hybridized carbons (Fsp3) is 1.00. The highest BCUT2D eigenvalue weighted by Crippen LogP contribution is 2.31. The molecule has 4 atom stereocenters. The summed E-state index contributed by atoms with van der Waals surface area (Å²) < 4.78 is 11.2. The van der Waals surface area contributed by atoms with Crippen LogP contribution in [0.15, 0.2) is 5.11 Å². The third-order valence-electron chi connectivity index (χ3n) is 4.82. The number of hydrogen-bond donors (Lipinski definition) is 0. The van der Waals surface area contributed by atoms with Gasteiger partial charge in [0, 0.05) is 11.0 Å². The Balaban J connectivity index is 0.000000224. The van der Waals surface area contributed by atoms with Gasteiger partial charge in [-0.15, -0.1) is 0 Å². The molecule has 0 spiro atoms. The third-order valence-corrected chi connectivity index (χ3v) is 4.82. The zero-order chi connectivity index (χ0) is 17.0. The minimum atomic E-state index is -0.134. The molecule has 5 nitrogen and oxygen atoms in total. The van der Waals surface area contributed by atoms with Crippen LogP contribution in [-0.4, -0.2) is 30.5 Å². The molecule has 2 aliphatic rings. The molecule has 0 bridgehead atoms. The van der Waals surface area contributed by atoms with Crippen molar-refractivity contribution in [3.05, 3.63) is 10.4 Å². The normalized spacial score (nSPS) is 36.5. The molecule has 0 aromatic heterocycles. The van der Waals surface area contributed by atoms with E-state index in [9.17, 15) is 0 Å². The first-order valence-electron chi connectivity index (χ1n) is 8.38. The standard InChI is InChI=1S/C9H18O.C8H15N3O/c1-7-5-9(3,4)10-6-8(7)2;1-6-5-12-8(2,3)4-7(6)10-11-9/h7-8H,5-6H2,1-4H3;6-7H,4-5H2,1-3H3/t7-,8-;6-,7+/m11/s1. The Morgan fingerprint density at radius 2 is 1.36 bits per heavy atom. The Kier molecular flexibility index (Phi) is 6.72. The molecule has 0 aromatic rings. The van der Waals surface area contributed by atoms with Crippen molar-refractivity contribution in [1.29, 1.82) is 0 Å². The van der Waals surface area contributed by atoms with Gasteiger partial charge in [0.15, 0.2) is 0 Å². The van der Waals surface area contributed by atoms with E-state index >= 15 is 0 Å². The molecule has 2 saturated heterocycles. The fourth-order valence-electron chi connectivity index (χ4n) is 3.01. The van der Waals surface area contributed by atoms with Gasteiger partial charge >= 0.3 is 0 Å². The Hall–Kier alpha value is -0.770. The smallest absolute Gasteiger partial charge is 0.0630 e. The van der Waals surface area contributed by atoms with Crippen molar-refractivity contribution in [2.75, 3.05) is 13.2 Å². The van der Waals surface area contributed by atoms with Crippen molar-refractivity contribution in [1.82, 2.24) is 0 Å². The topological polar surface area (TPSA) is 67.2 Å². The van der Waals surface area contributed by atoms with E-state index in [4.69, 9.17) is 15.0 Å². The monoisotopic (exact) mass is 311 g/mol. The quantitative estimate of drug-likeness (QED) is 0.390. The van der Waals surface area contributed by atoms with Crippen LogP contribution >= 0.6 is 0 Å². The second kappa shape index (κ2) is 7.67. The van der Waals surface area contributed by atoms with Gasteiger partial charge in [0.25, 0.3) is 0 Å². The van der Waals surface area contributed by atoms with Crippen LogP contribution in [0.2, 0.25) is 0 Å². The van der Waals surface area contributed by atoms with Gasteiger partial charge in [-0.25, -0.2) is 0 Å². The number of rotatable bonds is 1. The molecule has 128 valence electrons. The minimum Gasteiger partial charge on any atom is -0.375 e. The van der Waals surface area contributed by atoms with Crippen molar-refractivity contribution in [3.8, 4) is 0 Å². The van der Waals surface area contributed by atoms with Gasteiger partial charge in [0.2, 0.25) is 0 Å². The second-order valence-corrected chi connectivity index (χ2v) is 8.25. The van der Waals surface area contributed by atoms with Crippen LogP contribution in [0.5, 0.6) is 0 Å². The van der Waals surface area contributed by atoms with Crippen molar-refractivity contribution in [2.24, 2.45) is 22.9 Å². The number of ether oxygens (including phenoxy) is 2. The van der Waals surface area contributed by atoms with Crippen LogP contribution in [0.25, 0.3) is 10.4 Å². The predicted octanol–water partition coefficient (Wildman–Crippen LogP) is 4.96. The van der Waals surface area contributed by atoms with Crippen LogP contribution in [0, 0.1) is 17.8 Å². The van der Waals surface area contributed by atoms with E-state index in [2.05, 4.69) is 44.6 Å². The second-order valence-electron chi connectivity index (χ2n) is 8.25. The molecule has 0 radical (unpaired) electrons. The molecular formula is C17H33N3O2. The van der Waals surface area contributed by atoms with E-state index < -0.39 is 0 Å². The highest BCUT2D eigenvalue weighted by atomic mass is 16.5. The molecule has 0 saturated carbocycles. The van der Waals surface area contributed by atoms with E-state index in [0.717, 1.165) is 24.9 Å². The SMILES string of the molecule is C[C@@H]1COC(C)(C)C[C@@H]1N=[N+]=[N-].C[C@@H]1COC(C)(C)C[C@H]1C. The van der Waals surface area contributed by atoms with Crippen molar-refractivity contribution < 1.29 is 9.47 Å². The molecule has 0 aliphatic carbocycles. The Bertz CT molecular complexity index is 403. The molecule has 2 heterocycles. The van der Waals surface area contributed by atoms with E-state index in [0.29, 0.717) is 12.5 Å². The van der Waals surface area contributed by atoms with E-state index in [1.807, 2.05) is 13.8 Å². The van der Waals surface area contributed by atoms with Crippen LogP contribution in [0.1, 0.15) is 61.3 Å². The van der Waals surface area contributed by atoms with Gasteiger partial charge in [-0.3, -0.25) is 0 Å². The van der Waals surface area contributed by atoms with Gasteiger partial charge in [0.1, 0.15) is 0 Å². The number of nitrogens with zero attached hydrogens (tertiary/aromatic N) is 3. The molecule has 0 aromatic carbocycles. The molecule has 2 fully saturated rings.